The van der Waals surface area contributed by atoms with Crippen LogP contribution in [0.5, 0.6) is 5.88 Å². The van der Waals surface area contributed by atoms with E-state index in [1.54, 1.807) is 32.0 Å². The van der Waals surface area contributed by atoms with Crippen LogP contribution in [0.25, 0.3) is 0 Å². The first-order valence-corrected chi connectivity index (χ1v) is 6.08. The van der Waals surface area contributed by atoms with Crippen molar-refractivity contribution < 1.29 is 14.6 Å². The summed E-state index contributed by atoms with van der Waals surface area (Å²) in [4.78, 5) is 13.9. The Morgan fingerprint density at radius 2 is 2.39 bits per heavy atom. The Balaban J connectivity index is 2.08. The summed E-state index contributed by atoms with van der Waals surface area (Å²) in [5.74, 6) is 0.626. The number of hydrogen-bond donors (Lipinski definition) is 1. The predicted molar refractivity (Wildman–Crippen MR) is 65.5 cm³/mol. The van der Waals surface area contributed by atoms with Crippen molar-refractivity contribution in [1.82, 2.24) is 14.7 Å². The van der Waals surface area contributed by atoms with Gasteiger partial charge in [0.25, 0.3) is 5.91 Å². The molecule has 1 N–H and O–H groups in total. The van der Waals surface area contributed by atoms with Crippen molar-refractivity contribution >= 4 is 5.91 Å². The van der Waals surface area contributed by atoms with Crippen molar-refractivity contribution in [3.63, 3.8) is 0 Å². The van der Waals surface area contributed by atoms with Gasteiger partial charge in [-0.1, -0.05) is 0 Å². The quantitative estimate of drug-likeness (QED) is 0.839. The normalized spacial score (nSPS) is 21.1. The lowest BCUT2D eigenvalue weighted by Crippen LogP contribution is -2.30. The molecule has 0 saturated carbocycles. The van der Waals surface area contributed by atoms with Crippen molar-refractivity contribution in [2.75, 3.05) is 20.2 Å². The fourth-order valence-corrected chi connectivity index (χ4v) is 2.27. The smallest absolute Gasteiger partial charge is 0.274 e. The average molecular weight is 253 g/mol. The zero-order valence-electron chi connectivity index (χ0n) is 11.0. The first kappa shape index (κ1) is 12.9. The summed E-state index contributed by atoms with van der Waals surface area (Å²) in [5, 5.41) is 13.7. The molecule has 2 heterocycles. The number of aryl methyl sites for hydroxylation is 1. The highest BCUT2D eigenvalue weighted by Gasteiger charge is 2.30. The Hall–Kier alpha value is -1.56. The maximum absolute atomic E-state index is 12.2. The van der Waals surface area contributed by atoms with Gasteiger partial charge in [0.1, 0.15) is 0 Å². The molecule has 1 amide bonds. The maximum atomic E-state index is 12.2. The van der Waals surface area contributed by atoms with E-state index in [1.165, 1.54) is 4.68 Å². The van der Waals surface area contributed by atoms with E-state index < -0.39 is 0 Å². The minimum atomic E-state index is -0.374. The topological polar surface area (TPSA) is 67.6 Å². The van der Waals surface area contributed by atoms with Gasteiger partial charge in [-0.3, -0.25) is 4.79 Å². The van der Waals surface area contributed by atoms with Crippen molar-refractivity contribution in [3.8, 4) is 5.88 Å². The van der Waals surface area contributed by atoms with E-state index in [0.717, 1.165) is 6.42 Å². The van der Waals surface area contributed by atoms with Gasteiger partial charge in [-0.25, -0.2) is 4.68 Å². The van der Waals surface area contributed by atoms with E-state index in [2.05, 4.69) is 5.10 Å². The minimum absolute atomic E-state index is 0.1000. The molecule has 0 aromatic carbocycles. The van der Waals surface area contributed by atoms with Crippen LogP contribution in [0.1, 0.15) is 23.8 Å². The van der Waals surface area contributed by atoms with Gasteiger partial charge in [-0.05, 0) is 13.3 Å². The monoisotopic (exact) mass is 253 g/mol. The van der Waals surface area contributed by atoms with Crippen LogP contribution in [-0.2, 0) is 7.05 Å². The second-order valence-electron chi connectivity index (χ2n) is 4.74. The summed E-state index contributed by atoms with van der Waals surface area (Å²) in [5.41, 5.74) is 0.389. The third kappa shape index (κ3) is 2.33. The molecule has 6 heteroatoms. The lowest BCUT2D eigenvalue weighted by molar-refractivity contribution is 0.0756. The van der Waals surface area contributed by atoms with Gasteiger partial charge in [0, 0.05) is 32.1 Å². The molecule has 1 aliphatic heterocycles. The second kappa shape index (κ2) is 4.97. The number of amides is 1. The number of carbonyl (C=O) groups is 1. The standard InChI is InChI=1S/C12H19N3O3/c1-8(16)9-4-5-15(7-9)12(17)10-6-11(18-3)14(2)13-10/h6,8-9,16H,4-5,7H2,1-3H3. The lowest BCUT2D eigenvalue weighted by atomic mass is 10.0. The molecule has 1 aliphatic rings. The van der Waals surface area contributed by atoms with E-state index in [0.29, 0.717) is 24.7 Å². The van der Waals surface area contributed by atoms with Crippen molar-refractivity contribution in [1.29, 1.82) is 0 Å². The van der Waals surface area contributed by atoms with E-state index in [-0.39, 0.29) is 17.9 Å². The van der Waals surface area contributed by atoms with E-state index in [9.17, 15) is 9.90 Å². The molecule has 18 heavy (non-hydrogen) atoms. The zero-order valence-corrected chi connectivity index (χ0v) is 11.0. The van der Waals surface area contributed by atoms with Crippen LogP contribution in [0, 0.1) is 5.92 Å². The summed E-state index contributed by atoms with van der Waals surface area (Å²) < 4.78 is 6.62. The number of nitrogens with zero attached hydrogens (tertiary/aromatic N) is 3. The number of rotatable bonds is 3. The Bertz CT molecular complexity index is 442. The maximum Gasteiger partial charge on any atom is 0.274 e. The fraction of sp³-hybridized carbons (Fsp3) is 0.667. The third-order valence-corrected chi connectivity index (χ3v) is 3.46. The first-order chi connectivity index (χ1) is 8.52. The molecule has 1 fully saturated rings. The number of carbonyl (C=O) groups excluding carboxylic acids is 1. The molecule has 0 bridgehead atoms. The van der Waals surface area contributed by atoms with Crippen LogP contribution in [0.3, 0.4) is 0 Å². The summed E-state index contributed by atoms with van der Waals surface area (Å²) in [7, 11) is 3.28. The SMILES string of the molecule is COc1cc(C(=O)N2CCC(C(C)O)C2)nn1C. The molecule has 2 atom stereocenters. The van der Waals surface area contributed by atoms with E-state index in [4.69, 9.17) is 4.74 Å². The number of aliphatic hydroxyl groups is 1. The zero-order chi connectivity index (χ0) is 13.3. The molecule has 2 unspecified atom stereocenters. The van der Waals surface area contributed by atoms with E-state index in [1.807, 2.05) is 0 Å². The molecule has 1 saturated heterocycles. The summed E-state index contributed by atoms with van der Waals surface area (Å²) in [6.45, 7) is 3.03. The Labute approximate surface area is 106 Å². The molecular formula is C12H19N3O3. The highest BCUT2D eigenvalue weighted by Crippen LogP contribution is 2.22. The number of hydrogen-bond acceptors (Lipinski definition) is 4. The number of aliphatic hydroxyl groups excluding tert-OH is 1. The Morgan fingerprint density at radius 1 is 1.67 bits per heavy atom. The fourth-order valence-electron chi connectivity index (χ4n) is 2.27. The van der Waals surface area contributed by atoms with E-state index >= 15 is 0 Å². The number of ether oxygens (including phenoxy) is 1. The predicted octanol–water partition coefficient (Wildman–Crippen LogP) is 0.272. The second-order valence-corrected chi connectivity index (χ2v) is 4.74. The molecule has 2 rings (SSSR count). The van der Waals surface area contributed by atoms with Crippen molar-refractivity contribution in [2.45, 2.75) is 19.4 Å². The Kier molecular flexibility index (Phi) is 3.56. The van der Waals surface area contributed by atoms with Gasteiger partial charge >= 0.3 is 0 Å². The summed E-state index contributed by atoms with van der Waals surface area (Å²) in [6.07, 6.45) is 0.467. The molecule has 0 aliphatic carbocycles. The largest absolute Gasteiger partial charge is 0.481 e. The van der Waals surface area contributed by atoms with Crippen LogP contribution in [-0.4, -0.2) is 52.0 Å². The van der Waals surface area contributed by atoms with Gasteiger partial charge in [-0.2, -0.15) is 5.10 Å². The van der Waals surface area contributed by atoms with Crippen LogP contribution in [0.2, 0.25) is 0 Å². The summed E-state index contributed by atoms with van der Waals surface area (Å²) >= 11 is 0. The molecule has 6 nitrogen and oxygen atoms in total. The highest BCUT2D eigenvalue weighted by molar-refractivity contribution is 5.92. The van der Waals surface area contributed by atoms with Crippen LogP contribution in [0.4, 0.5) is 0 Å². The third-order valence-electron chi connectivity index (χ3n) is 3.46. The number of likely N-dealkylation sites (tertiary alicyclic amines) is 1. The van der Waals surface area contributed by atoms with Gasteiger partial charge in [0.05, 0.1) is 13.2 Å². The van der Waals surface area contributed by atoms with Crippen molar-refractivity contribution in [3.05, 3.63) is 11.8 Å². The minimum Gasteiger partial charge on any atom is -0.481 e. The first-order valence-electron chi connectivity index (χ1n) is 6.08. The molecule has 1 aromatic heterocycles. The number of methoxy groups -OCH3 is 1. The van der Waals surface area contributed by atoms with Gasteiger partial charge in [-0.15, -0.1) is 0 Å². The van der Waals surface area contributed by atoms with Crippen molar-refractivity contribution in [2.24, 2.45) is 13.0 Å². The molecule has 1 aromatic rings. The van der Waals surface area contributed by atoms with Gasteiger partial charge in [0.2, 0.25) is 5.88 Å². The summed E-state index contributed by atoms with van der Waals surface area (Å²) in [6, 6.07) is 1.64. The average Bonchev–Trinajstić information content (AvgIpc) is 2.94. The Morgan fingerprint density at radius 3 is 2.89 bits per heavy atom. The van der Waals surface area contributed by atoms with Gasteiger partial charge in [0.15, 0.2) is 5.69 Å². The molecule has 0 radical (unpaired) electrons. The van der Waals surface area contributed by atoms with Crippen LogP contribution < -0.4 is 4.74 Å². The molecular weight excluding hydrogens is 234 g/mol. The van der Waals surface area contributed by atoms with Crippen LogP contribution in [0.15, 0.2) is 6.07 Å². The van der Waals surface area contributed by atoms with Crippen LogP contribution >= 0.6 is 0 Å². The highest BCUT2D eigenvalue weighted by atomic mass is 16.5. The lowest BCUT2D eigenvalue weighted by Gasteiger charge is -2.16. The number of aromatic nitrogens is 2. The molecule has 100 valence electrons. The molecule has 0 spiro atoms. The van der Waals surface area contributed by atoms with Gasteiger partial charge < -0.3 is 14.7 Å².